The molecule has 4 amide bonds. The van der Waals surface area contributed by atoms with Crippen LogP contribution in [0.15, 0.2) is 63.6 Å². The van der Waals surface area contributed by atoms with Gasteiger partial charge in [-0.25, -0.2) is 9.69 Å². The molecule has 0 aromatic heterocycles. The van der Waals surface area contributed by atoms with Crippen molar-refractivity contribution in [3.63, 3.8) is 0 Å². The summed E-state index contributed by atoms with van der Waals surface area (Å²) in [4.78, 5) is 38.8. The van der Waals surface area contributed by atoms with Crippen molar-refractivity contribution >= 4 is 61.5 Å². The van der Waals surface area contributed by atoms with Crippen LogP contribution in [0.2, 0.25) is 0 Å². The summed E-state index contributed by atoms with van der Waals surface area (Å²) < 4.78 is 7.19. The minimum atomic E-state index is -0.795. The highest BCUT2D eigenvalue weighted by atomic mass is 79.9. The number of rotatable bonds is 5. The van der Waals surface area contributed by atoms with Gasteiger partial charge in [0.25, 0.3) is 11.8 Å². The van der Waals surface area contributed by atoms with Crippen molar-refractivity contribution in [2.45, 2.75) is 6.92 Å². The Morgan fingerprint density at radius 2 is 1.90 bits per heavy atom. The number of anilines is 1. The average Bonchev–Trinajstić information content (AvgIpc) is 2.67. The van der Waals surface area contributed by atoms with Gasteiger partial charge >= 0.3 is 6.03 Å². The number of carbonyl (C=O) groups is 3. The van der Waals surface area contributed by atoms with Gasteiger partial charge in [0.15, 0.2) is 0 Å². The van der Waals surface area contributed by atoms with Crippen molar-refractivity contribution in [1.29, 1.82) is 0 Å². The molecule has 0 atom stereocenters. The average molecular weight is 520 g/mol. The molecule has 2 aromatic rings. The van der Waals surface area contributed by atoms with E-state index in [2.05, 4.69) is 43.8 Å². The van der Waals surface area contributed by atoms with Gasteiger partial charge in [0, 0.05) is 14.5 Å². The normalized spacial score (nSPS) is 15.5. The van der Waals surface area contributed by atoms with Gasteiger partial charge in [-0.2, -0.15) is 0 Å². The highest BCUT2D eigenvalue weighted by Crippen LogP contribution is 2.29. The molecule has 0 saturated carbocycles. The number of aryl methyl sites for hydroxylation is 1. The first-order valence-electron chi connectivity index (χ1n) is 8.52. The molecule has 1 fully saturated rings. The summed E-state index contributed by atoms with van der Waals surface area (Å²) in [5.74, 6) is -1.00. The summed E-state index contributed by atoms with van der Waals surface area (Å²) in [6.45, 7) is 5.72. The number of urea groups is 1. The zero-order chi connectivity index (χ0) is 21.1. The Balaban J connectivity index is 2.05. The number of imide groups is 2. The Labute approximate surface area is 184 Å². The first-order chi connectivity index (χ1) is 13.8. The highest BCUT2D eigenvalue weighted by Gasteiger charge is 2.37. The summed E-state index contributed by atoms with van der Waals surface area (Å²) in [6.07, 6.45) is 3.00. The minimum Gasteiger partial charge on any atom is -0.489 e. The maximum Gasteiger partial charge on any atom is 0.335 e. The Hall–Kier alpha value is -2.71. The fraction of sp³-hybridized carbons (Fsp3) is 0.0952. The third kappa shape index (κ3) is 4.49. The van der Waals surface area contributed by atoms with Gasteiger partial charge in [0.2, 0.25) is 0 Å². The number of carbonyl (C=O) groups excluding carboxylic acids is 3. The fourth-order valence-corrected chi connectivity index (χ4v) is 3.35. The van der Waals surface area contributed by atoms with E-state index in [0.29, 0.717) is 17.0 Å². The van der Waals surface area contributed by atoms with E-state index in [1.807, 2.05) is 6.92 Å². The molecule has 1 aliphatic rings. The van der Waals surface area contributed by atoms with Crippen molar-refractivity contribution in [1.82, 2.24) is 5.32 Å². The lowest BCUT2D eigenvalue weighted by atomic mass is 10.1. The Bertz CT molecular complexity index is 1060. The zero-order valence-corrected chi connectivity index (χ0v) is 18.5. The molecule has 3 rings (SSSR count). The molecule has 0 unspecified atom stereocenters. The smallest absolute Gasteiger partial charge is 0.335 e. The Morgan fingerprint density at radius 3 is 2.59 bits per heavy atom. The number of nitrogens with zero attached hydrogens (tertiary/aromatic N) is 1. The quantitative estimate of drug-likeness (QED) is 0.351. The third-order valence-electron chi connectivity index (χ3n) is 4.13. The molecule has 0 radical (unpaired) electrons. The summed E-state index contributed by atoms with van der Waals surface area (Å²) >= 11 is 6.76. The van der Waals surface area contributed by atoms with Crippen LogP contribution in [0.1, 0.15) is 11.1 Å². The largest absolute Gasteiger partial charge is 0.489 e. The number of hydrogen-bond donors (Lipinski definition) is 1. The number of barbiturate groups is 1. The van der Waals surface area contributed by atoms with E-state index >= 15 is 0 Å². The number of nitrogens with one attached hydrogen (secondary N) is 1. The summed E-state index contributed by atoms with van der Waals surface area (Å²) in [6, 6.07) is 9.47. The molecule has 1 aliphatic heterocycles. The van der Waals surface area contributed by atoms with E-state index in [-0.39, 0.29) is 12.2 Å². The number of ether oxygens (including phenoxy) is 1. The van der Waals surface area contributed by atoms with Crippen LogP contribution in [0.3, 0.4) is 0 Å². The molecule has 2 aromatic carbocycles. The van der Waals surface area contributed by atoms with Crippen molar-refractivity contribution in [3.05, 3.63) is 74.7 Å². The Kier molecular flexibility index (Phi) is 6.34. The number of amides is 4. The first kappa shape index (κ1) is 21.0. The lowest BCUT2D eigenvalue weighted by Crippen LogP contribution is -2.54. The van der Waals surface area contributed by atoms with Crippen LogP contribution >= 0.6 is 31.9 Å². The molecule has 1 saturated heterocycles. The summed E-state index contributed by atoms with van der Waals surface area (Å²) in [5, 5.41) is 2.22. The van der Waals surface area contributed by atoms with Gasteiger partial charge in [-0.3, -0.25) is 14.9 Å². The molecule has 0 bridgehead atoms. The fourth-order valence-electron chi connectivity index (χ4n) is 2.73. The predicted molar refractivity (Wildman–Crippen MR) is 118 cm³/mol. The van der Waals surface area contributed by atoms with E-state index < -0.39 is 17.8 Å². The van der Waals surface area contributed by atoms with E-state index in [1.165, 1.54) is 6.08 Å². The van der Waals surface area contributed by atoms with Crippen molar-refractivity contribution in [2.75, 3.05) is 11.5 Å². The van der Waals surface area contributed by atoms with Crippen LogP contribution < -0.4 is 15.0 Å². The number of halogens is 2. The standard InChI is InChI=1S/C21H16Br2N2O4/c1-3-8-29-18-7-4-14(22)10-13(18)11-16-19(26)24-21(28)25(20(16)27)15-5-6-17(23)12(2)9-15/h3-7,9-11H,1,8H2,2H3,(H,24,26,28)/b16-11-. The SMILES string of the molecule is C=CCOc1ccc(Br)cc1/C=C1/C(=O)NC(=O)N(c2ccc(Br)c(C)c2)C1=O. The second-order valence-electron chi connectivity index (χ2n) is 6.17. The molecular weight excluding hydrogens is 504 g/mol. The molecule has 8 heteroatoms. The second-order valence-corrected chi connectivity index (χ2v) is 7.94. The molecule has 0 aliphatic carbocycles. The lowest BCUT2D eigenvalue weighted by Gasteiger charge is -2.27. The van der Waals surface area contributed by atoms with Crippen LogP contribution in [0.25, 0.3) is 6.08 Å². The maximum atomic E-state index is 13.1. The molecule has 1 N–H and O–H groups in total. The van der Waals surface area contributed by atoms with E-state index in [4.69, 9.17) is 4.74 Å². The first-order valence-corrected chi connectivity index (χ1v) is 10.1. The molecule has 1 heterocycles. The second kappa shape index (κ2) is 8.75. The summed E-state index contributed by atoms with van der Waals surface area (Å²) in [7, 11) is 0. The highest BCUT2D eigenvalue weighted by molar-refractivity contribution is 9.10. The molecule has 148 valence electrons. The zero-order valence-electron chi connectivity index (χ0n) is 15.4. The van der Waals surface area contributed by atoms with E-state index in [1.54, 1.807) is 42.5 Å². The number of benzene rings is 2. The molecule has 29 heavy (non-hydrogen) atoms. The van der Waals surface area contributed by atoms with Crippen LogP contribution in [0, 0.1) is 6.92 Å². The van der Waals surface area contributed by atoms with Crippen molar-refractivity contribution < 1.29 is 19.1 Å². The monoisotopic (exact) mass is 518 g/mol. The predicted octanol–water partition coefficient (Wildman–Crippen LogP) is 4.75. The van der Waals surface area contributed by atoms with Gasteiger partial charge < -0.3 is 4.74 Å². The van der Waals surface area contributed by atoms with Gasteiger partial charge in [-0.15, -0.1) is 0 Å². The van der Waals surface area contributed by atoms with Crippen molar-refractivity contribution in [2.24, 2.45) is 0 Å². The lowest BCUT2D eigenvalue weighted by molar-refractivity contribution is -0.122. The van der Waals surface area contributed by atoms with E-state index in [9.17, 15) is 14.4 Å². The molecular formula is C21H16Br2N2O4. The number of hydrogen-bond acceptors (Lipinski definition) is 4. The Morgan fingerprint density at radius 1 is 1.14 bits per heavy atom. The molecule has 6 nitrogen and oxygen atoms in total. The van der Waals surface area contributed by atoms with Crippen LogP contribution in [-0.2, 0) is 9.59 Å². The van der Waals surface area contributed by atoms with Gasteiger partial charge in [-0.1, -0.05) is 44.5 Å². The topological polar surface area (TPSA) is 75.7 Å². The molecule has 0 spiro atoms. The van der Waals surface area contributed by atoms with Crippen LogP contribution in [0.4, 0.5) is 10.5 Å². The van der Waals surface area contributed by atoms with Gasteiger partial charge in [0.1, 0.15) is 17.9 Å². The van der Waals surface area contributed by atoms with Crippen LogP contribution in [-0.4, -0.2) is 24.5 Å². The summed E-state index contributed by atoms with van der Waals surface area (Å²) in [5.41, 5.74) is 1.55. The maximum absolute atomic E-state index is 13.1. The third-order valence-corrected chi connectivity index (χ3v) is 5.51. The minimum absolute atomic E-state index is 0.174. The van der Waals surface area contributed by atoms with Crippen molar-refractivity contribution in [3.8, 4) is 5.75 Å². The van der Waals surface area contributed by atoms with Gasteiger partial charge in [0.05, 0.1) is 5.69 Å². The van der Waals surface area contributed by atoms with Crippen LogP contribution in [0.5, 0.6) is 5.75 Å². The van der Waals surface area contributed by atoms with E-state index in [0.717, 1.165) is 19.4 Å². The van der Waals surface area contributed by atoms with Gasteiger partial charge in [-0.05, 0) is 55.0 Å².